The Balaban J connectivity index is 1.32. The highest BCUT2D eigenvalue weighted by Gasteiger charge is 2.30. The van der Waals surface area contributed by atoms with Crippen molar-refractivity contribution in [2.45, 2.75) is 24.2 Å². The largest absolute Gasteiger partial charge is 0.454 e. The van der Waals surface area contributed by atoms with E-state index in [2.05, 4.69) is 9.80 Å². The molecule has 0 aliphatic carbocycles. The van der Waals surface area contributed by atoms with Gasteiger partial charge in [-0.15, -0.1) is 0 Å². The molecule has 1 aromatic carbocycles. The van der Waals surface area contributed by atoms with Crippen LogP contribution in [0.3, 0.4) is 0 Å². The second-order valence-corrected chi connectivity index (χ2v) is 9.10. The maximum Gasteiger partial charge on any atom is 0.243 e. The summed E-state index contributed by atoms with van der Waals surface area (Å²) in [6.45, 7) is 7.33. The molecule has 0 N–H and O–H groups in total. The zero-order valence-electron chi connectivity index (χ0n) is 15.1. The van der Waals surface area contributed by atoms with Gasteiger partial charge in [0.2, 0.25) is 16.8 Å². The molecule has 0 atom stereocenters. The van der Waals surface area contributed by atoms with Gasteiger partial charge in [0.1, 0.15) is 0 Å². The summed E-state index contributed by atoms with van der Waals surface area (Å²) in [6, 6.07) is 4.84. The molecule has 7 nitrogen and oxygen atoms in total. The minimum Gasteiger partial charge on any atom is -0.454 e. The SMILES string of the molecule is O=S(=O)(c1ccc2c(c1)OCO2)N1CCN(CCN2CCCCC2)CC1. The van der Waals surface area contributed by atoms with E-state index in [9.17, 15) is 8.42 Å². The lowest BCUT2D eigenvalue weighted by Crippen LogP contribution is -2.50. The average Bonchev–Trinajstić information content (AvgIpc) is 3.15. The van der Waals surface area contributed by atoms with E-state index in [4.69, 9.17) is 9.47 Å². The lowest BCUT2D eigenvalue weighted by Gasteiger charge is -2.35. The average molecular weight is 381 g/mol. The summed E-state index contributed by atoms with van der Waals surface area (Å²) in [5.41, 5.74) is 0. The van der Waals surface area contributed by atoms with Crippen LogP contribution in [0.5, 0.6) is 11.5 Å². The van der Waals surface area contributed by atoms with Crippen molar-refractivity contribution in [3.63, 3.8) is 0 Å². The number of piperazine rings is 1. The fourth-order valence-corrected chi connectivity index (χ4v) is 5.28. The third kappa shape index (κ3) is 3.83. The topological polar surface area (TPSA) is 62.3 Å². The second-order valence-electron chi connectivity index (χ2n) is 7.16. The van der Waals surface area contributed by atoms with E-state index in [1.54, 1.807) is 22.5 Å². The monoisotopic (exact) mass is 381 g/mol. The van der Waals surface area contributed by atoms with Crippen LogP contribution < -0.4 is 9.47 Å². The maximum atomic E-state index is 12.9. The van der Waals surface area contributed by atoms with E-state index in [0.29, 0.717) is 24.6 Å². The first-order valence-corrected chi connectivity index (χ1v) is 10.9. The molecule has 0 amide bonds. The van der Waals surface area contributed by atoms with E-state index < -0.39 is 10.0 Å². The van der Waals surface area contributed by atoms with Gasteiger partial charge in [0.05, 0.1) is 4.90 Å². The molecule has 0 spiro atoms. The van der Waals surface area contributed by atoms with Crippen molar-refractivity contribution >= 4 is 10.0 Å². The van der Waals surface area contributed by atoms with Crippen LogP contribution in [0.4, 0.5) is 0 Å². The number of likely N-dealkylation sites (tertiary alicyclic amines) is 1. The quantitative estimate of drug-likeness (QED) is 0.764. The zero-order chi connectivity index (χ0) is 18.0. The molecule has 1 aromatic rings. The van der Waals surface area contributed by atoms with Gasteiger partial charge >= 0.3 is 0 Å². The third-order valence-corrected chi connectivity index (χ3v) is 7.39. The maximum absolute atomic E-state index is 12.9. The highest BCUT2D eigenvalue weighted by atomic mass is 32.2. The molecule has 0 saturated carbocycles. The van der Waals surface area contributed by atoms with E-state index >= 15 is 0 Å². The first-order chi connectivity index (χ1) is 12.6. The Morgan fingerprint density at radius 2 is 1.46 bits per heavy atom. The van der Waals surface area contributed by atoms with Crippen molar-refractivity contribution in [3.8, 4) is 11.5 Å². The smallest absolute Gasteiger partial charge is 0.243 e. The minimum atomic E-state index is -3.48. The van der Waals surface area contributed by atoms with Crippen molar-refractivity contribution in [2.24, 2.45) is 0 Å². The lowest BCUT2D eigenvalue weighted by molar-refractivity contribution is 0.149. The molecule has 2 fully saturated rings. The van der Waals surface area contributed by atoms with Crippen molar-refractivity contribution in [1.29, 1.82) is 0 Å². The second kappa shape index (κ2) is 7.72. The summed E-state index contributed by atoms with van der Waals surface area (Å²) in [5.74, 6) is 1.11. The van der Waals surface area contributed by atoms with Gasteiger partial charge in [0, 0.05) is 45.3 Å². The van der Waals surface area contributed by atoms with Gasteiger partial charge in [0.15, 0.2) is 11.5 Å². The molecular formula is C18H27N3O4S. The Bertz CT molecular complexity index is 726. The number of rotatable bonds is 5. The van der Waals surface area contributed by atoms with Gasteiger partial charge in [-0.25, -0.2) is 8.42 Å². The van der Waals surface area contributed by atoms with Crippen molar-refractivity contribution in [2.75, 3.05) is 59.2 Å². The molecule has 3 heterocycles. The number of hydrogen-bond acceptors (Lipinski definition) is 6. The van der Waals surface area contributed by atoms with Gasteiger partial charge in [-0.1, -0.05) is 6.42 Å². The van der Waals surface area contributed by atoms with E-state index in [1.807, 2.05) is 0 Å². The molecule has 2 saturated heterocycles. The van der Waals surface area contributed by atoms with E-state index in [0.717, 1.165) is 26.2 Å². The van der Waals surface area contributed by atoms with Crippen LogP contribution >= 0.6 is 0 Å². The van der Waals surface area contributed by atoms with E-state index in [-0.39, 0.29) is 11.7 Å². The van der Waals surface area contributed by atoms with Crippen LogP contribution in [0.1, 0.15) is 19.3 Å². The van der Waals surface area contributed by atoms with E-state index in [1.165, 1.54) is 32.4 Å². The summed E-state index contributed by atoms with van der Waals surface area (Å²) in [6.07, 6.45) is 3.97. The van der Waals surface area contributed by atoms with Crippen LogP contribution in [0.15, 0.2) is 23.1 Å². The van der Waals surface area contributed by atoms with Crippen LogP contribution in [-0.2, 0) is 10.0 Å². The van der Waals surface area contributed by atoms with Crippen LogP contribution in [0, 0.1) is 0 Å². The third-order valence-electron chi connectivity index (χ3n) is 5.49. The Morgan fingerprint density at radius 1 is 0.808 bits per heavy atom. The Morgan fingerprint density at radius 3 is 2.19 bits per heavy atom. The number of piperidine rings is 1. The summed E-state index contributed by atoms with van der Waals surface area (Å²) < 4.78 is 38.0. The van der Waals surface area contributed by atoms with Crippen molar-refractivity contribution in [1.82, 2.24) is 14.1 Å². The molecular weight excluding hydrogens is 354 g/mol. The number of ether oxygens (including phenoxy) is 2. The number of fused-ring (bicyclic) bond motifs is 1. The van der Waals surface area contributed by atoms with Crippen LogP contribution in [0.25, 0.3) is 0 Å². The fourth-order valence-electron chi connectivity index (χ4n) is 3.85. The van der Waals surface area contributed by atoms with Gasteiger partial charge in [0.25, 0.3) is 0 Å². The Labute approximate surface area is 155 Å². The summed E-state index contributed by atoms with van der Waals surface area (Å²) in [7, 11) is -3.48. The van der Waals surface area contributed by atoms with Crippen molar-refractivity contribution in [3.05, 3.63) is 18.2 Å². The van der Waals surface area contributed by atoms with Crippen LogP contribution in [0.2, 0.25) is 0 Å². The predicted octanol–water partition coefficient (Wildman–Crippen LogP) is 1.21. The lowest BCUT2D eigenvalue weighted by atomic mass is 10.1. The number of benzene rings is 1. The predicted molar refractivity (Wildman–Crippen MR) is 98.1 cm³/mol. The summed E-state index contributed by atoms with van der Waals surface area (Å²) in [5, 5.41) is 0. The van der Waals surface area contributed by atoms with Gasteiger partial charge < -0.3 is 14.4 Å². The molecule has 0 radical (unpaired) electrons. The molecule has 8 heteroatoms. The molecule has 3 aliphatic rings. The summed E-state index contributed by atoms with van der Waals surface area (Å²) >= 11 is 0. The molecule has 4 rings (SSSR count). The number of nitrogens with zero attached hydrogens (tertiary/aromatic N) is 3. The highest BCUT2D eigenvalue weighted by molar-refractivity contribution is 7.89. The number of hydrogen-bond donors (Lipinski definition) is 0. The molecule has 3 aliphatic heterocycles. The molecule has 0 bridgehead atoms. The number of sulfonamides is 1. The Hall–Kier alpha value is -1.35. The van der Waals surface area contributed by atoms with Gasteiger partial charge in [-0.05, 0) is 38.1 Å². The first-order valence-electron chi connectivity index (χ1n) is 9.47. The van der Waals surface area contributed by atoms with Gasteiger partial charge in [-0.2, -0.15) is 4.31 Å². The Kier molecular flexibility index (Phi) is 5.35. The van der Waals surface area contributed by atoms with Crippen molar-refractivity contribution < 1.29 is 17.9 Å². The molecule has 144 valence electrons. The highest BCUT2D eigenvalue weighted by Crippen LogP contribution is 2.34. The summed E-state index contributed by atoms with van der Waals surface area (Å²) in [4.78, 5) is 5.18. The standard InChI is InChI=1S/C18H27N3O4S/c22-26(23,16-4-5-17-18(14-16)25-15-24-17)21-12-10-20(11-13-21)9-8-19-6-2-1-3-7-19/h4-5,14H,1-3,6-13,15H2. The fraction of sp³-hybridized carbons (Fsp3) is 0.667. The van der Waals surface area contributed by atoms with Gasteiger partial charge in [-0.3, -0.25) is 4.90 Å². The molecule has 0 aromatic heterocycles. The van der Waals surface area contributed by atoms with Crippen LogP contribution in [-0.4, -0.2) is 81.7 Å². The normalized spacial score (nSPS) is 22.6. The molecule has 26 heavy (non-hydrogen) atoms. The first kappa shape index (κ1) is 18.0. The molecule has 0 unspecified atom stereocenters. The zero-order valence-corrected chi connectivity index (χ0v) is 15.9. The minimum absolute atomic E-state index is 0.147.